The maximum Gasteiger partial charge on any atom is 0.433 e. The van der Waals surface area contributed by atoms with E-state index in [4.69, 9.17) is 4.74 Å². The third kappa shape index (κ3) is 6.47. The summed E-state index contributed by atoms with van der Waals surface area (Å²) in [5, 5.41) is 5.43. The molecule has 0 spiro atoms. The van der Waals surface area contributed by atoms with Gasteiger partial charge in [0.1, 0.15) is 17.1 Å². The van der Waals surface area contributed by atoms with Crippen molar-refractivity contribution in [3.05, 3.63) is 47.9 Å². The van der Waals surface area contributed by atoms with Crippen LogP contribution in [0.3, 0.4) is 0 Å². The van der Waals surface area contributed by atoms with Gasteiger partial charge in [0.15, 0.2) is 5.82 Å². The number of alkyl halides is 6. The SMILES string of the molecule is COC(C)CNc1nc(Nc2ccnc(C(F)(F)F)c2)nc(-c2cccc(C(F)(F)F)n2)n1. The highest BCUT2D eigenvalue weighted by molar-refractivity contribution is 5.59. The maximum atomic E-state index is 13.1. The normalized spacial score (nSPS) is 13.0. The molecule has 1 atom stereocenters. The molecule has 14 heteroatoms. The molecular weight excluding hydrogens is 456 g/mol. The van der Waals surface area contributed by atoms with E-state index in [2.05, 4.69) is 35.6 Å². The molecule has 3 heterocycles. The third-order valence-corrected chi connectivity index (χ3v) is 4.16. The molecule has 1 unspecified atom stereocenters. The Morgan fingerprint density at radius 1 is 0.909 bits per heavy atom. The molecule has 2 N–H and O–H groups in total. The monoisotopic (exact) mass is 473 g/mol. The van der Waals surface area contributed by atoms with Crippen LogP contribution in [0.15, 0.2) is 36.5 Å². The lowest BCUT2D eigenvalue weighted by molar-refractivity contribution is -0.141. The summed E-state index contributed by atoms with van der Waals surface area (Å²) >= 11 is 0. The number of hydrogen-bond acceptors (Lipinski definition) is 8. The Balaban J connectivity index is 2.00. The van der Waals surface area contributed by atoms with Gasteiger partial charge in [0, 0.05) is 25.5 Å². The summed E-state index contributed by atoms with van der Waals surface area (Å²) in [5.74, 6) is -0.488. The summed E-state index contributed by atoms with van der Waals surface area (Å²) in [6.45, 7) is 1.99. The molecule has 3 aromatic heterocycles. The Hall–Kier alpha value is -3.55. The van der Waals surface area contributed by atoms with Gasteiger partial charge in [-0.3, -0.25) is 4.98 Å². The van der Waals surface area contributed by atoms with Crippen LogP contribution in [0.4, 0.5) is 43.9 Å². The standard InChI is InChI=1S/C19H17F6N7O/c1-10(33-2)9-27-16-30-15(12-4-3-5-13(29-12)18(20,21)22)31-17(32-16)28-11-6-7-26-14(8-11)19(23,24)25/h3-8,10H,9H2,1-2H3,(H2,26,27,28,30,31,32). The first-order valence-electron chi connectivity index (χ1n) is 9.33. The smallest absolute Gasteiger partial charge is 0.380 e. The number of ether oxygens (including phenoxy) is 1. The molecule has 0 aromatic carbocycles. The average molecular weight is 473 g/mol. The molecule has 0 saturated heterocycles. The summed E-state index contributed by atoms with van der Waals surface area (Å²) in [5.41, 5.74) is -2.54. The molecule has 0 radical (unpaired) electrons. The van der Waals surface area contributed by atoms with E-state index < -0.39 is 23.7 Å². The van der Waals surface area contributed by atoms with Gasteiger partial charge in [-0.1, -0.05) is 6.07 Å². The van der Waals surface area contributed by atoms with Crippen LogP contribution in [0.5, 0.6) is 0 Å². The van der Waals surface area contributed by atoms with E-state index in [-0.39, 0.29) is 41.8 Å². The Bertz CT molecular complexity index is 1110. The first kappa shape index (κ1) is 24.1. The van der Waals surface area contributed by atoms with Crippen molar-refractivity contribution in [2.24, 2.45) is 0 Å². The third-order valence-electron chi connectivity index (χ3n) is 4.16. The van der Waals surface area contributed by atoms with E-state index in [9.17, 15) is 26.3 Å². The highest BCUT2D eigenvalue weighted by Crippen LogP contribution is 2.31. The Morgan fingerprint density at radius 2 is 1.61 bits per heavy atom. The summed E-state index contributed by atoms with van der Waals surface area (Å²) in [6, 6.07) is 5.19. The minimum absolute atomic E-state index is 0.0392. The number of pyridine rings is 2. The van der Waals surface area contributed by atoms with Gasteiger partial charge < -0.3 is 15.4 Å². The van der Waals surface area contributed by atoms with Crippen LogP contribution in [-0.2, 0) is 17.1 Å². The van der Waals surface area contributed by atoms with E-state index in [0.29, 0.717) is 0 Å². The van der Waals surface area contributed by atoms with Crippen molar-refractivity contribution in [3.63, 3.8) is 0 Å². The zero-order valence-corrected chi connectivity index (χ0v) is 17.2. The molecule has 0 aliphatic heterocycles. The number of methoxy groups -OCH3 is 1. The summed E-state index contributed by atoms with van der Waals surface area (Å²) in [6.07, 6.45) is -8.68. The van der Waals surface area contributed by atoms with E-state index in [0.717, 1.165) is 24.4 Å². The number of nitrogens with one attached hydrogen (secondary N) is 2. The van der Waals surface area contributed by atoms with Gasteiger partial charge in [-0.25, -0.2) is 4.98 Å². The Labute approximate surface area is 183 Å². The van der Waals surface area contributed by atoms with Gasteiger partial charge in [0.25, 0.3) is 0 Å². The van der Waals surface area contributed by atoms with Crippen molar-refractivity contribution in [1.29, 1.82) is 0 Å². The Kier molecular flexibility index (Phi) is 6.95. The van der Waals surface area contributed by atoms with Crippen LogP contribution in [0.25, 0.3) is 11.5 Å². The molecule has 8 nitrogen and oxygen atoms in total. The van der Waals surface area contributed by atoms with Crippen LogP contribution in [0.2, 0.25) is 0 Å². The summed E-state index contributed by atoms with van der Waals surface area (Å²) in [4.78, 5) is 19.0. The molecule has 3 rings (SSSR count). The lowest BCUT2D eigenvalue weighted by Gasteiger charge is -2.14. The first-order chi connectivity index (χ1) is 15.5. The van der Waals surface area contributed by atoms with E-state index in [1.807, 2.05) is 0 Å². The maximum absolute atomic E-state index is 13.1. The van der Waals surface area contributed by atoms with Crippen LogP contribution < -0.4 is 10.6 Å². The second kappa shape index (κ2) is 9.52. The van der Waals surface area contributed by atoms with Crippen LogP contribution in [0, 0.1) is 0 Å². The number of nitrogens with zero attached hydrogens (tertiary/aromatic N) is 5. The summed E-state index contributed by atoms with van der Waals surface area (Å²) < 4.78 is 83.1. The minimum Gasteiger partial charge on any atom is -0.380 e. The van der Waals surface area contributed by atoms with Crippen molar-refractivity contribution in [1.82, 2.24) is 24.9 Å². The van der Waals surface area contributed by atoms with Gasteiger partial charge in [0.2, 0.25) is 11.9 Å². The second-order valence-corrected chi connectivity index (χ2v) is 6.69. The predicted molar refractivity (Wildman–Crippen MR) is 106 cm³/mol. The van der Waals surface area contributed by atoms with E-state index in [1.165, 1.54) is 19.2 Å². The molecule has 33 heavy (non-hydrogen) atoms. The molecule has 0 bridgehead atoms. The van der Waals surface area contributed by atoms with Crippen LogP contribution >= 0.6 is 0 Å². The average Bonchev–Trinajstić information content (AvgIpc) is 2.76. The summed E-state index contributed by atoms with van der Waals surface area (Å²) in [7, 11) is 1.48. The molecule has 3 aromatic rings. The zero-order chi connectivity index (χ0) is 24.2. The Morgan fingerprint density at radius 3 is 2.27 bits per heavy atom. The van der Waals surface area contributed by atoms with Gasteiger partial charge >= 0.3 is 12.4 Å². The molecule has 0 aliphatic rings. The lowest BCUT2D eigenvalue weighted by atomic mass is 10.3. The van der Waals surface area contributed by atoms with Crippen molar-refractivity contribution in [3.8, 4) is 11.5 Å². The number of anilines is 3. The van der Waals surface area contributed by atoms with E-state index >= 15 is 0 Å². The predicted octanol–water partition coefficient (Wildman–Crippen LogP) is 4.56. The molecule has 0 fully saturated rings. The fourth-order valence-electron chi connectivity index (χ4n) is 2.45. The molecule has 0 amide bonds. The van der Waals surface area contributed by atoms with Gasteiger partial charge in [0.05, 0.1) is 6.10 Å². The van der Waals surface area contributed by atoms with Gasteiger partial charge in [-0.2, -0.15) is 41.3 Å². The molecular formula is C19H17F6N7O. The zero-order valence-electron chi connectivity index (χ0n) is 17.2. The highest BCUT2D eigenvalue weighted by Gasteiger charge is 2.33. The minimum atomic E-state index is -4.69. The van der Waals surface area contributed by atoms with Crippen molar-refractivity contribution in [2.45, 2.75) is 25.4 Å². The van der Waals surface area contributed by atoms with Gasteiger partial charge in [-0.05, 0) is 31.2 Å². The lowest BCUT2D eigenvalue weighted by Crippen LogP contribution is -2.20. The highest BCUT2D eigenvalue weighted by atomic mass is 19.4. The molecule has 176 valence electrons. The van der Waals surface area contributed by atoms with E-state index in [1.54, 1.807) is 6.92 Å². The van der Waals surface area contributed by atoms with Crippen molar-refractivity contribution >= 4 is 17.6 Å². The number of halogens is 6. The van der Waals surface area contributed by atoms with Crippen molar-refractivity contribution < 1.29 is 31.1 Å². The fourth-order valence-corrected chi connectivity index (χ4v) is 2.45. The largest absolute Gasteiger partial charge is 0.433 e. The quantitative estimate of drug-likeness (QED) is 0.482. The second-order valence-electron chi connectivity index (χ2n) is 6.69. The number of rotatable bonds is 7. The fraction of sp³-hybridized carbons (Fsp3) is 0.316. The molecule has 0 saturated carbocycles. The number of hydrogen-bond donors (Lipinski definition) is 2. The molecule has 0 aliphatic carbocycles. The first-order valence-corrected chi connectivity index (χ1v) is 9.33. The van der Waals surface area contributed by atoms with Crippen LogP contribution in [-0.4, -0.2) is 44.7 Å². The van der Waals surface area contributed by atoms with Crippen LogP contribution in [0.1, 0.15) is 18.3 Å². The van der Waals surface area contributed by atoms with Crippen molar-refractivity contribution in [2.75, 3.05) is 24.3 Å². The topological polar surface area (TPSA) is 97.7 Å². The number of aromatic nitrogens is 5. The van der Waals surface area contributed by atoms with Gasteiger partial charge in [-0.15, -0.1) is 0 Å².